The van der Waals surface area contributed by atoms with E-state index in [9.17, 15) is 9.90 Å². The summed E-state index contributed by atoms with van der Waals surface area (Å²) in [6, 6.07) is 0. The highest BCUT2D eigenvalue weighted by molar-refractivity contribution is 5.67. The van der Waals surface area contributed by atoms with Crippen LogP contribution in [0.15, 0.2) is 0 Å². The second kappa shape index (κ2) is 7.56. The van der Waals surface area contributed by atoms with Gasteiger partial charge in [0.25, 0.3) is 0 Å². The molecule has 0 saturated heterocycles. The van der Waals surface area contributed by atoms with Gasteiger partial charge in [-0.15, -0.1) is 0 Å². The molecule has 0 aromatic rings. The maximum absolute atomic E-state index is 11.3. The molecule has 0 saturated carbocycles. The molecule has 0 spiro atoms. The van der Waals surface area contributed by atoms with E-state index in [0.29, 0.717) is 19.6 Å². The van der Waals surface area contributed by atoms with Gasteiger partial charge in [-0.1, -0.05) is 0 Å². The van der Waals surface area contributed by atoms with E-state index < -0.39 is 17.3 Å². The first-order valence-electron chi connectivity index (χ1n) is 6.17. The van der Waals surface area contributed by atoms with Crippen molar-refractivity contribution in [1.29, 1.82) is 0 Å². The number of aliphatic hydroxyl groups excluding tert-OH is 1. The first kappa shape index (κ1) is 17.2. The minimum Gasteiger partial charge on any atom is -0.444 e. The van der Waals surface area contributed by atoms with E-state index in [0.717, 1.165) is 6.42 Å². The summed E-state index contributed by atoms with van der Waals surface area (Å²) in [4.78, 5) is 11.3. The molecular formula is C12H26N2O4. The molecule has 1 unspecified atom stereocenters. The molecule has 0 aliphatic carbocycles. The van der Waals surface area contributed by atoms with Crippen LogP contribution in [0.5, 0.6) is 0 Å². The SMILES string of the molecule is CC(O)(CO)CNCCCNC(=O)OC(C)(C)C. The third-order valence-electron chi connectivity index (χ3n) is 2.05. The van der Waals surface area contributed by atoms with Crippen molar-refractivity contribution >= 4 is 6.09 Å². The Morgan fingerprint density at radius 2 is 1.83 bits per heavy atom. The van der Waals surface area contributed by atoms with Crippen LogP contribution >= 0.6 is 0 Å². The standard InChI is InChI=1S/C12H26N2O4/c1-11(2,3)18-10(16)14-7-5-6-13-8-12(4,17)9-15/h13,15,17H,5-9H2,1-4H3,(H,14,16). The van der Waals surface area contributed by atoms with Gasteiger partial charge < -0.3 is 25.6 Å². The van der Waals surface area contributed by atoms with Crippen LogP contribution in [0.3, 0.4) is 0 Å². The fourth-order valence-corrected chi connectivity index (χ4v) is 1.13. The van der Waals surface area contributed by atoms with Crippen molar-refractivity contribution in [2.75, 3.05) is 26.2 Å². The number of ether oxygens (including phenoxy) is 1. The van der Waals surface area contributed by atoms with Crippen molar-refractivity contribution in [2.45, 2.75) is 45.3 Å². The van der Waals surface area contributed by atoms with E-state index in [1.165, 1.54) is 0 Å². The number of rotatable bonds is 7. The fourth-order valence-electron chi connectivity index (χ4n) is 1.13. The van der Waals surface area contributed by atoms with Crippen LogP contribution in [0.4, 0.5) is 4.79 Å². The van der Waals surface area contributed by atoms with Gasteiger partial charge in [-0.25, -0.2) is 4.79 Å². The zero-order valence-corrected chi connectivity index (χ0v) is 11.7. The van der Waals surface area contributed by atoms with Crippen LogP contribution in [0, 0.1) is 0 Å². The molecule has 108 valence electrons. The van der Waals surface area contributed by atoms with Gasteiger partial charge in [0.05, 0.1) is 12.2 Å². The summed E-state index contributed by atoms with van der Waals surface area (Å²) in [5, 5.41) is 23.9. The number of carbonyl (C=O) groups is 1. The van der Waals surface area contributed by atoms with E-state index in [1.54, 1.807) is 6.92 Å². The molecule has 0 bridgehead atoms. The highest BCUT2D eigenvalue weighted by Crippen LogP contribution is 2.06. The summed E-state index contributed by atoms with van der Waals surface area (Å²) < 4.78 is 5.07. The van der Waals surface area contributed by atoms with Gasteiger partial charge in [0.2, 0.25) is 0 Å². The number of carbonyl (C=O) groups excluding carboxylic acids is 1. The van der Waals surface area contributed by atoms with Crippen LogP contribution in [-0.4, -0.2) is 53.7 Å². The molecule has 6 heteroatoms. The summed E-state index contributed by atoms with van der Waals surface area (Å²) in [6.45, 7) is 8.17. The maximum Gasteiger partial charge on any atom is 0.407 e. The highest BCUT2D eigenvalue weighted by atomic mass is 16.6. The number of hydrogen-bond donors (Lipinski definition) is 4. The number of alkyl carbamates (subject to hydrolysis) is 1. The first-order chi connectivity index (χ1) is 8.16. The van der Waals surface area contributed by atoms with Crippen LogP contribution in [0.1, 0.15) is 34.1 Å². The normalized spacial score (nSPS) is 15.0. The Bertz CT molecular complexity index is 249. The predicted octanol–water partition coefficient (Wildman–Crippen LogP) is 0.234. The molecule has 4 N–H and O–H groups in total. The van der Waals surface area contributed by atoms with E-state index in [2.05, 4.69) is 10.6 Å². The smallest absolute Gasteiger partial charge is 0.407 e. The number of hydrogen-bond acceptors (Lipinski definition) is 5. The maximum atomic E-state index is 11.3. The number of amides is 1. The average molecular weight is 262 g/mol. The van der Waals surface area contributed by atoms with Crippen molar-refractivity contribution in [2.24, 2.45) is 0 Å². The van der Waals surface area contributed by atoms with Crippen LogP contribution in [0.2, 0.25) is 0 Å². The van der Waals surface area contributed by atoms with Gasteiger partial charge in [0.15, 0.2) is 0 Å². The van der Waals surface area contributed by atoms with Crippen molar-refractivity contribution in [3.8, 4) is 0 Å². The molecule has 0 aromatic heterocycles. The fraction of sp³-hybridized carbons (Fsp3) is 0.917. The topological polar surface area (TPSA) is 90.8 Å². The highest BCUT2D eigenvalue weighted by Gasteiger charge is 2.18. The van der Waals surface area contributed by atoms with Crippen molar-refractivity contribution in [1.82, 2.24) is 10.6 Å². The molecule has 0 fully saturated rings. The Morgan fingerprint density at radius 3 is 2.33 bits per heavy atom. The quantitative estimate of drug-likeness (QED) is 0.493. The lowest BCUT2D eigenvalue weighted by Gasteiger charge is -2.21. The van der Waals surface area contributed by atoms with Gasteiger partial charge >= 0.3 is 6.09 Å². The Morgan fingerprint density at radius 1 is 1.22 bits per heavy atom. The first-order valence-corrected chi connectivity index (χ1v) is 6.17. The van der Waals surface area contributed by atoms with Gasteiger partial charge in [-0.3, -0.25) is 0 Å². The zero-order valence-electron chi connectivity index (χ0n) is 11.7. The van der Waals surface area contributed by atoms with Gasteiger partial charge in [0.1, 0.15) is 5.60 Å². The minimum absolute atomic E-state index is 0.282. The minimum atomic E-state index is -1.10. The van der Waals surface area contributed by atoms with E-state index >= 15 is 0 Å². The third-order valence-corrected chi connectivity index (χ3v) is 2.05. The molecule has 0 aliphatic heterocycles. The van der Waals surface area contributed by atoms with Crippen molar-refractivity contribution in [3.63, 3.8) is 0 Å². The van der Waals surface area contributed by atoms with Gasteiger partial charge in [-0.05, 0) is 40.7 Å². The Labute approximate surface area is 109 Å². The van der Waals surface area contributed by atoms with Crippen LogP contribution in [-0.2, 0) is 4.74 Å². The lowest BCUT2D eigenvalue weighted by molar-refractivity contribution is 0.00285. The summed E-state index contributed by atoms with van der Waals surface area (Å²) in [5.74, 6) is 0. The Hall–Kier alpha value is -0.850. The molecule has 0 heterocycles. The molecular weight excluding hydrogens is 236 g/mol. The van der Waals surface area contributed by atoms with E-state index in [1.807, 2.05) is 20.8 Å². The number of aliphatic hydroxyl groups is 2. The largest absolute Gasteiger partial charge is 0.444 e. The average Bonchev–Trinajstić information content (AvgIpc) is 2.20. The number of nitrogens with one attached hydrogen (secondary N) is 2. The van der Waals surface area contributed by atoms with Crippen LogP contribution in [0.25, 0.3) is 0 Å². The summed E-state index contributed by atoms with van der Waals surface area (Å²) in [5.41, 5.74) is -1.58. The van der Waals surface area contributed by atoms with E-state index in [4.69, 9.17) is 9.84 Å². The Balaban J connectivity index is 3.49. The molecule has 0 radical (unpaired) electrons. The Kier molecular flexibility index (Phi) is 7.20. The second-order valence-corrected chi connectivity index (χ2v) is 5.61. The summed E-state index contributed by atoms with van der Waals surface area (Å²) >= 11 is 0. The third kappa shape index (κ3) is 10.3. The summed E-state index contributed by atoms with van der Waals surface area (Å²) in [6.07, 6.45) is 0.297. The lowest BCUT2D eigenvalue weighted by Crippen LogP contribution is -2.41. The van der Waals surface area contributed by atoms with Crippen molar-refractivity contribution < 1.29 is 19.7 Å². The lowest BCUT2D eigenvalue weighted by atomic mass is 10.1. The van der Waals surface area contributed by atoms with Gasteiger partial charge in [-0.2, -0.15) is 0 Å². The van der Waals surface area contributed by atoms with Gasteiger partial charge in [0, 0.05) is 13.1 Å². The van der Waals surface area contributed by atoms with E-state index in [-0.39, 0.29) is 6.61 Å². The molecule has 18 heavy (non-hydrogen) atoms. The predicted molar refractivity (Wildman–Crippen MR) is 69.4 cm³/mol. The zero-order chi connectivity index (χ0) is 14.2. The monoisotopic (exact) mass is 262 g/mol. The van der Waals surface area contributed by atoms with Crippen molar-refractivity contribution in [3.05, 3.63) is 0 Å². The molecule has 1 amide bonds. The summed E-state index contributed by atoms with van der Waals surface area (Å²) in [7, 11) is 0. The molecule has 0 aromatic carbocycles. The molecule has 6 nitrogen and oxygen atoms in total. The molecule has 0 rings (SSSR count). The molecule has 0 aliphatic rings. The second-order valence-electron chi connectivity index (χ2n) is 5.61. The molecule has 1 atom stereocenters. The van der Waals surface area contributed by atoms with Crippen LogP contribution < -0.4 is 10.6 Å².